The Labute approximate surface area is 128 Å². The van der Waals surface area contributed by atoms with E-state index in [1.54, 1.807) is 14.1 Å². The first kappa shape index (κ1) is 17.8. The second-order valence-corrected chi connectivity index (χ2v) is 6.22. The van der Waals surface area contributed by atoms with Crippen LogP contribution < -0.4 is 16.0 Å². The molecule has 0 aromatic carbocycles. The molecule has 0 spiro atoms. The van der Waals surface area contributed by atoms with Crippen LogP contribution in [0.3, 0.4) is 0 Å². The zero-order valence-electron chi connectivity index (χ0n) is 14.0. The average Bonchev–Trinajstić information content (AvgIpc) is 2.50. The van der Waals surface area contributed by atoms with Crippen LogP contribution in [-0.2, 0) is 4.79 Å². The van der Waals surface area contributed by atoms with E-state index in [-0.39, 0.29) is 5.91 Å². The fourth-order valence-corrected chi connectivity index (χ4v) is 2.46. The Morgan fingerprint density at radius 2 is 1.86 bits per heavy atom. The summed E-state index contributed by atoms with van der Waals surface area (Å²) in [5.74, 6) is 0.780. The van der Waals surface area contributed by atoms with E-state index in [2.05, 4.69) is 25.8 Å². The molecule has 0 aromatic rings. The highest BCUT2D eigenvalue weighted by atomic mass is 16.2. The standard InChI is InChI=1S/C15H31N5O/c1-15(2,13(21)16-3)12-19-14(17-4)18-8-11-20-9-6-5-7-10-20/h5-12H2,1-4H3,(H,16,21)(H2,17,18,19). The highest BCUT2D eigenvalue weighted by Crippen LogP contribution is 2.12. The van der Waals surface area contributed by atoms with E-state index in [4.69, 9.17) is 0 Å². The van der Waals surface area contributed by atoms with Gasteiger partial charge in [0.25, 0.3) is 0 Å². The van der Waals surface area contributed by atoms with Gasteiger partial charge in [0.15, 0.2) is 5.96 Å². The van der Waals surface area contributed by atoms with Gasteiger partial charge in [0.2, 0.25) is 5.91 Å². The molecule has 0 aromatic heterocycles. The molecule has 122 valence electrons. The number of piperidine rings is 1. The molecule has 1 amide bonds. The van der Waals surface area contributed by atoms with Crippen molar-refractivity contribution in [3.63, 3.8) is 0 Å². The molecule has 1 rings (SSSR count). The van der Waals surface area contributed by atoms with Crippen LogP contribution in [0.1, 0.15) is 33.1 Å². The number of amides is 1. The van der Waals surface area contributed by atoms with Gasteiger partial charge in [-0.15, -0.1) is 0 Å². The highest BCUT2D eigenvalue weighted by molar-refractivity contribution is 5.84. The minimum Gasteiger partial charge on any atom is -0.359 e. The SMILES string of the molecule is CN=C(NCCN1CCCCC1)NCC(C)(C)C(=O)NC. The normalized spacial score (nSPS) is 17.4. The van der Waals surface area contributed by atoms with Crippen molar-refractivity contribution in [2.24, 2.45) is 10.4 Å². The van der Waals surface area contributed by atoms with Gasteiger partial charge in [-0.05, 0) is 39.8 Å². The van der Waals surface area contributed by atoms with Crippen LogP contribution in [0.25, 0.3) is 0 Å². The molecule has 0 bridgehead atoms. The topological polar surface area (TPSA) is 68.8 Å². The molecule has 0 aliphatic carbocycles. The van der Waals surface area contributed by atoms with Crippen molar-refractivity contribution in [3.05, 3.63) is 0 Å². The molecule has 6 heteroatoms. The van der Waals surface area contributed by atoms with E-state index >= 15 is 0 Å². The summed E-state index contributed by atoms with van der Waals surface area (Å²) in [6.45, 7) is 8.71. The Morgan fingerprint density at radius 3 is 2.43 bits per heavy atom. The Morgan fingerprint density at radius 1 is 1.19 bits per heavy atom. The number of carbonyl (C=O) groups is 1. The molecule has 1 heterocycles. The van der Waals surface area contributed by atoms with Crippen LogP contribution in [0, 0.1) is 5.41 Å². The van der Waals surface area contributed by atoms with E-state index in [9.17, 15) is 4.79 Å². The van der Waals surface area contributed by atoms with Crippen LogP contribution in [0.15, 0.2) is 4.99 Å². The number of nitrogens with zero attached hydrogens (tertiary/aromatic N) is 2. The van der Waals surface area contributed by atoms with Gasteiger partial charge in [-0.1, -0.05) is 6.42 Å². The summed E-state index contributed by atoms with van der Waals surface area (Å²) in [4.78, 5) is 18.4. The molecule has 1 fully saturated rings. The lowest BCUT2D eigenvalue weighted by atomic mass is 9.92. The molecular formula is C15H31N5O. The van der Waals surface area contributed by atoms with Gasteiger partial charge in [-0.3, -0.25) is 9.79 Å². The molecule has 3 N–H and O–H groups in total. The minimum absolute atomic E-state index is 0.0266. The van der Waals surface area contributed by atoms with Crippen molar-refractivity contribution in [1.29, 1.82) is 0 Å². The van der Waals surface area contributed by atoms with E-state index in [1.807, 2.05) is 13.8 Å². The Balaban J connectivity index is 2.27. The maximum absolute atomic E-state index is 11.7. The van der Waals surface area contributed by atoms with E-state index in [1.165, 1.54) is 32.4 Å². The summed E-state index contributed by atoms with van der Waals surface area (Å²) in [5.41, 5.74) is -0.459. The smallest absolute Gasteiger partial charge is 0.227 e. The summed E-state index contributed by atoms with van der Waals surface area (Å²) in [7, 11) is 3.42. The predicted molar refractivity (Wildman–Crippen MR) is 87.5 cm³/mol. The van der Waals surface area contributed by atoms with Gasteiger partial charge in [-0.25, -0.2) is 0 Å². The van der Waals surface area contributed by atoms with Crippen molar-refractivity contribution >= 4 is 11.9 Å². The van der Waals surface area contributed by atoms with Crippen LogP contribution in [-0.4, -0.2) is 63.6 Å². The van der Waals surface area contributed by atoms with Crippen molar-refractivity contribution in [1.82, 2.24) is 20.9 Å². The van der Waals surface area contributed by atoms with Crippen LogP contribution in [0.2, 0.25) is 0 Å². The highest BCUT2D eigenvalue weighted by Gasteiger charge is 2.26. The fourth-order valence-electron chi connectivity index (χ4n) is 2.46. The number of rotatable bonds is 6. The van der Waals surface area contributed by atoms with Gasteiger partial charge in [0.05, 0.1) is 5.41 Å². The zero-order chi connectivity index (χ0) is 15.7. The molecule has 1 aliphatic heterocycles. The van der Waals surface area contributed by atoms with Gasteiger partial charge in [-0.2, -0.15) is 0 Å². The molecule has 6 nitrogen and oxygen atoms in total. The maximum Gasteiger partial charge on any atom is 0.227 e. The summed E-state index contributed by atoms with van der Waals surface area (Å²) >= 11 is 0. The van der Waals surface area contributed by atoms with Gasteiger partial charge in [0.1, 0.15) is 0 Å². The first-order valence-corrected chi connectivity index (χ1v) is 7.88. The monoisotopic (exact) mass is 297 g/mol. The van der Waals surface area contributed by atoms with Crippen LogP contribution >= 0.6 is 0 Å². The van der Waals surface area contributed by atoms with Crippen molar-refractivity contribution < 1.29 is 4.79 Å². The molecule has 1 saturated heterocycles. The number of hydrogen-bond donors (Lipinski definition) is 3. The summed E-state index contributed by atoms with van der Waals surface area (Å²) in [6.07, 6.45) is 3.99. The quantitative estimate of drug-likeness (QED) is 0.491. The first-order chi connectivity index (χ1) is 9.99. The van der Waals surface area contributed by atoms with Crippen LogP contribution in [0.5, 0.6) is 0 Å². The lowest BCUT2D eigenvalue weighted by molar-refractivity contribution is -0.128. The summed E-state index contributed by atoms with van der Waals surface area (Å²) < 4.78 is 0. The van der Waals surface area contributed by atoms with E-state index in [0.29, 0.717) is 6.54 Å². The molecular weight excluding hydrogens is 266 g/mol. The molecule has 0 atom stereocenters. The Hall–Kier alpha value is -1.30. The number of nitrogens with one attached hydrogen (secondary N) is 3. The van der Waals surface area contributed by atoms with E-state index < -0.39 is 5.41 Å². The minimum atomic E-state index is -0.459. The van der Waals surface area contributed by atoms with Crippen molar-refractivity contribution in [2.45, 2.75) is 33.1 Å². The number of aliphatic imine (C=N–C) groups is 1. The van der Waals surface area contributed by atoms with Gasteiger partial charge in [0, 0.05) is 33.7 Å². The Bertz CT molecular complexity index is 348. The largest absolute Gasteiger partial charge is 0.359 e. The molecule has 21 heavy (non-hydrogen) atoms. The van der Waals surface area contributed by atoms with Crippen molar-refractivity contribution in [2.75, 3.05) is 46.8 Å². The summed E-state index contributed by atoms with van der Waals surface area (Å²) in [6, 6.07) is 0. The van der Waals surface area contributed by atoms with Gasteiger partial charge >= 0.3 is 0 Å². The van der Waals surface area contributed by atoms with Crippen molar-refractivity contribution in [3.8, 4) is 0 Å². The number of likely N-dealkylation sites (tertiary alicyclic amines) is 1. The third-order valence-corrected chi connectivity index (χ3v) is 3.93. The fraction of sp³-hybridized carbons (Fsp3) is 0.867. The maximum atomic E-state index is 11.7. The van der Waals surface area contributed by atoms with Gasteiger partial charge < -0.3 is 20.9 Å². The molecule has 1 aliphatic rings. The second kappa shape index (κ2) is 8.87. The number of hydrogen-bond acceptors (Lipinski definition) is 3. The van der Waals surface area contributed by atoms with Crippen LogP contribution in [0.4, 0.5) is 0 Å². The average molecular weight is 297 g/mol. The number of guanidine groups is 1. The van der Waals surface area contributed by atoms with E-state index in [0.717, 1.165) is 19.0 Å². The predicted octanol–water partition coefficient (Wildman–Crippen LogP) is 0.410. The zero-order valence-corrected chi connectivity index (χ0v) is 14.0. The first-order valence-electron chi connectivity index (χ1n) is 7.88. The lowest BCUT2D eigenvalue weighted by Gasteiger charge is -2.27. The second-order valence-electron chi connectivity index (χ2n) is 6.22. The molecule has 0 unspecified atom stereocenters. The third-order valence-electron chi connectivity index (χ3n) is 3.93. The number of carbonyl (C=O) groups excluding carboxylic acids is 1. The lowest BCUT2D eigenvalue weighted by Crippen LogP contribution is -2.48. The third kappa shape index (κ3) is 6.33. The Kier molecular flexibility index (Phi) is 7.50. The summed E-state index contributed by atoms with van der Waals surface area (Å²) in [5, 5.41) is 9.22. The molecule has 0 saturated carbocycles. The molecule has 0 radical (unpaired) electrons.